The molecule has 1 amide bonds. The normalized spacial score (nSPS) is 14.5. The first kappa shape index (κ1) is 28.1. The van der Waals surface area contributed by atoms with Gasteiger partial charge in [0.05, 0.1) is 16.7 Å². The SMILES string of the molecule is CCOc1cc(C2C(C(=O)Nc3cccc(C)c3)=C(C)Nc3nc(SCc4ccccc4Cl)nn32)cc(Br)c1O. The fraction of sp³-hybridized carbons (Fsp3) is 0.207. The highest BCUT2D eigenvalue weighted by Gasteiger charge is 2.35. The molecule has 0 aliphatic carbocycles. The number of aryl methyl sites for hydroxylation is 1. The second-order valence-electron chi connectivity index (χ2n) is 9.21. The molecule has 2 heterocycles. The van der Waals surface area contributed by atoms with Gasteiger partial charge in [0, 0.05) is 22.2 Å². The molecule has 1 aromatic heterocycles. The number of ether oxygens (including phenoxy) is 1. The van der Waals surface area contributed by atoms with Gasteiger partial charge in [0.1, 0.15) is 6.04 Å². The van der Waals surface area contributed by atoms with Crippen LogP contribution in [0.4, 0.5) is 11.6 Å². The highest BCUT2D eigenvalue weighted by molar-refractivity contribution is 9.10. The van der Waals surface area contributed by atoms with E-state index in [0.29, 0.717) is 61.2 Å². The molecule has 8 nitrogen and oxygen atoms in total. The van der Waals surface area contributed by atoms with Crippen LogP contribution in [0.5, 0.6) is 11.5 Å². The highest BCUT2D eigenvalue weighted by Crippen LogP contribution is 2.43. The maximum Gasteiger partial charge on any atom is 0.255 e. The number of nitrogens with zero attached hydrogens (tertiary/aromatic N) is 3. The van der Waals surface area contributed by atoms with Crippen molar-refractivity contribution in [2.24, 2.45) is 0 Å². The van der Waals surface area contributed by atoms with Gasteiger partial charge in [-0.3, -0.25) is 4.79 Å². The number of nitrogens with one attached hydrogen (secondary N) is 2. The quantitative estimate of drug-likeness (QED) is 0.173. The highest BCUT2D eigenvalue weighted by atomic mass is 79.9. The number of hydrogen-bond acceptors (Lipinski definition) is 7. The Bertz CT molecular complexity index is 1620. The van der Waals surface area contributed by atoms with Crippen molar-refractivity contribution in [1.82, 2.24) is 14.8 Å². The molecule has 3 N–H and O–H groups in total. The molecule has 206 valence electrons. The number of phenols is 1. The minimum Gasteiger partial charge on any atom is -0.503 e. The van der Waals surface area contributed by atoms with Gasteiger partial charge >= 0.3 is 0 Å². The van der Waals surface area contributed by atoms with Gasteiger partial charge in [0.2, 0.25) is 11.1 Å². The zero-order chi connectivity index (χ0) is 28.4. The number of amides is 1. The predicted molar refractivity (Wildman–Crippen MR) is 162 cm³/mol. The average molecular weight is 641 g/mol. The summed E-state index contributed by atoms with van der Waals surface area (Å²) in [4.78, 5) is 18.5. The van der Waals surface area contributed by atoms with Crippen LogP contribution in [0.15, 0.2) is 81.6 Å². The molecule has 0 saturated heterocycles. The molecular formula is C29H27BrClN5O3S. The van der Waals surface area contributed by atoms with Crippen molar-refractivity contribution in [1.29, 1.82) is 0 Å². The van der Waals surface area contributed by atoms with Crippen LogP contribution in [-0.4, -0.2) is 32.4 Å². The number of phenolic OH excluding ortho intramolecular Hbond substituents is 1. The number of hydrogen-bond donors (Lipinski definition) is 3. The van der Waals surface area contributed by atoms with Crippen LogP contribution >= 0.6 is 39.3 Å². The molecule has 40 heavy (non-hydrogen) atoms. The summed E-state index contributed by atoms with van der Waals surface area (Å²) in [5.41, 5.74) is 4.48. The molecule has 0 saturated carbocycles. The van der Waals surface area contributed by atoms with E-state index in [4.69, 9.17) is 26.4 Å². The number of carbonyl (C=O) groups is 1. The largest absolute Gasteiger partial charge is 0.503 e. The maximum atomic E-state index is 13.8. The van der Waals surface area contributed by atoms with Crippen LogP contribution in [0.2, 0.25) is 5.02 Å². The molecule has 0 radical (unpaired) electrons. The second-order valence-corrected chi connectivity index (χ2v) is 11.4. The minimum absolute atomic E-state index is 0.0132. The molecular weight excluding hydrogens is 614 g/mol. The number of aromatic nitrogens is 3. The summed E-state index contributed by atoms with van der Waals surface area (Å²) >= 11 is 11.2. The Kier molecular flexibility index (Phi) is 8.39. The van der Waals surface area contributed by atoms with Crippen molar-refractivity contribution in [2.75, 3.05) is 17.2 Å². The van der Waals surface area contributed by atoms with Crippen LogP contribution < -0.4 is 15.4 Å². The Balaban J connectivity index is 1.56. The average Bonchev–Trinajstić information content (AvgIpc) is 3.32. The number of thioether (sulfide) groups is 1. The number of benzene rings is 3. The number of anilines is 2. The Morgan fingerprint density at radius 3 is 2.75 bits per heavy atom. The number of halogens is 2. The van der Waals surface area contributed by atoms with Gasteiger partial charge < -0.3 is 20.5 Å². The second kappa shape index (κ2) is 12.0. The third-order valence-corrected chi connectivity index (χ3v) is 8.19. The molecule has 5 rings (SSSR count). The van der Waals surface area contributed by atoms with Crippen molar-refractivity contribution >= 4 is 56.8 Å². The number of allylic oxidation sites excluding steroid dienone is 1. The van der Waals surface area contributed by atoms with Crippen molar-refractivity contribution in [2.45, 2.75) is 37.7 Å². The summed E-state index contributed by atoms with van der Waals surface area (Å²) in [6, 6.07) is 18.1. The molecule has 1 aliphatic rings. The summed E-state index contributed by atoms with van der Waals surface area (Å²) < 4.78 is 7.84. The lowest BCUT2D eigenvalue weighted by Gasteiger charge is -2.29. The molecule has 11 heteroatoms. The summed E-state index contributed by atoms with van der Waals surface area (Å²) in [7, 11) is 0. The first-order valence-electron chi connectivity index (χ1n) is 12.6. The van der Waals surface area contributed by atoms with E-state index in [1.165, 1.54) is 11.8 Å². The van der Waals surface area contributed by atoms with Crippen molar-refractivity contribution < 1.29 is 14.6 Å². The number of rotatable bonds is 8. The molecule has 0 bridgehead atoms. The summed E-state index contributed by atoms with van der Waals surface area (Å²) in [6.45, 7) is 6.01. The molecule has 4 aromatic rings. The lowest BCUT2D eigenvalue weighted by Crippen LogP contribution is -2.31. The van der Waals surface area contributed by atoms with Gasteiger partial charge in [-0.25, -0.2) is 4.68 Å². The van der Waals surface area contributed by atoms with Crippen LogP contribution in [0, 0.1) is 6.92 Å². The number of aromatic hydroxyl groups is 1. The topological polar surface area (TPSA) is 101 Å². The van der Waals surface area contributed by atoms with Crippen LogP contribution in [0.1, 0.15) is 36.6 Å². The number of carbonyl (C=O) groups excluding carboxylic acids is 1. The van der Waals surface area contributed by atoms with Crippen LogP contribution in [0.25, 0.3) is 0 Å². The van der Waals surface area contributed by atoms with Crippen LogP contribution in [0.3, 0.4) is 0 Å². The molecule has 0 fully saturated rings. The van der Waals surface area contributed by atoms with Gasteiger partial charge in [-0.2, -0.15) is 4.98 Å². The third kappa shape index (κ3) is 5.84. The fourth-order valence-electron chi connectivity index (χ4n) is 4.49. The van der Waals surface area contributed by atoms with Gasteiger partial charge in [-0.05, 0) is 83.7 Å². The van der Waals surface area contributed by atoms with E-state index in [1.54, 1.807) is 16.8 Å². The van der Waals surface area contributed by atoms with E-state index in [2.05, 4.69) is 26.6 Å². The summed E-state index contributed by atoms with van der Waals surface area (Å²) in [5.74, 6) is 1.09. The Hall–Kier alpha value is -3.47. The van der Waals surface area contributed by atoms with E-state index >= 15 is 0 Å². The standard InChI is InChI=1S/C29H27BrClN5O3S/c1-4-39-23-14-19(13-21(30)26(23)37)25-24(27(38)33-20-10-7-8-16(2)12-20)17(3)32-28-34-29(35-36(25)28)40-15-18-9-5-6-11-22(18)31/h5-14,25,37H,4,15H2,1-3H3,(H,33,38)(H,32,34,35). The summed E-state index contributed by atoms with van der Waals surface area (Å²) in [5, 5.41) is 22.9. The maximum absolute atomic E-state index is 13.8. The summed E-state index contributed by atoms with van der Waals surface area (Å²) in [6.07, 6.45) is 0. The Morgan fingerprint density at radius 2 is 2.00 bits per heavy atom. The zero-order valence-corrected chi connectivity index (χ0v) is 25.2. The molecule has 1 unspecified atom stereocenters. The van der Waals surface area contributed by atoms with Gasteiger partial charge in [0.25, 0.3) is 5.91 Å². The molecule has 1 aliphatic heterocycles. The van der Waals surface area contributed by atoms with E-state index in [9.17, 15) is 9.90 Å². The van der Waals surface area contributed by atoms with Gasteiger partial charge in [-0.1, -0.05) is 53.7 Å². The predicted octanol–water partition coefficient (Wildman–Crippen LogP) is 7.33. The Morgan fingerprint density at radius 1 is 1.20 bits per heavy atom. The minimum atomic E-state index is -0.653. The Labute approximate surface area is 249 Å². The first-order valence-corrected chi connectivity index (χ1v) is 14.7. The van der Waals surface area contributed by atoms with Crippen LogP contribution in [-0.2, 0) is 10.5 Å². The third-order valence-electron chi connectivity index (χ3n) is 6.33. The molecule has 3 aromatic carbocycles. The smallest absolute Gasteiger partial charge is 0.255 e. The lowest BCUT2D eigenvalue weighted by atomic mass is 9.94. The van der Waals surface area contributed by atoms with Gasteiger partial charge in [0.15, 0.2) is 11.5 Å². The van der Waals surface area contributed by atoms with Crippen molar-refractivity contribution in [3.05, 3.63) is 98.1 Å². The fourth-order valence-corrected chi connectivity index (χ4v) is 6.07. The van der Waals surface area contributed by atoms with E-state index in [1.807, 2.05) is 69.3 Å². The van der Waals surface area contributed by atoms with Crippen molar-refractivity contribution in [3.63, 3.8) is 0 Å². The molecule has 0 spiro atoms. The lowest BCUT2D eigenvalue weighted by molar-refractivity contribution is -0.113. The number of fused-ring (bicyclic) bond motifs is 1. The van der Waals surface area contributed by atoms with Gasteiger partial charge in [-0.15, -0.1) is 5.10 Å². The first-order chi connectivity index (χ1) is 19.2. The zero-order valence-electron chi connectivity index (χ0n) is 22.0. The van der Waals surface area contributed by atoms with Crippen molar-refractivity contribution in [3.8, 4) is 11.5 Å². The van der Waals surface area contributed by atoms with E-state index in [0.717, 1.165) is 11.1 Å². The molecule has 1 atom stereocenters. The van der Waals surface area contributed by atoms with E-state index < -0.39 is 6.04 Å². The van der Waals surface area contributed by atoms with E-state index in [-0.39, 0.29) is 11.7 Å². The monoisotopic (exact) mass is 639 g/mol.